The standard InChI is InChI=1S/C11H17NOS/c1-12-7-4-8-14-11-6-3-5-10(9-11)13-2/h3,5-6,9,12H,4,7-8H2,1-2H3. The molecular formula is C11H17NOS. The summed E-state index contributed by atoms with van der Waals surface area (Å²) in [7, 11) is 3.68. The monoisotopic (exact) mass is 211 g/mol. The number of nitrogens with one attached hydrogen (secondary N) is 1. The highest BCUT2D eigenvalue weighted by molar-refractivity contribution is 7.99. The van der Waals surface area contributed by atoms with Gasteiger partial charge < -0.3 is 10.1 Å². The topological polar surface area (TPSA) is 21.3 Å². The van der Waals surface area contributed by atoms with Crippen molar-refractivity contribution in [3.05, 3.63) is 24.3 Å². The molecule has 0 spiro atoms. The van der Waals surface area contributed by atoms with Crippen molar-refractivity contribution >= 4 is 11.8 Å². The van der Waals surface area contributed by atoms with Gasteiger partial charge in [0.2, 0.25) is 0 Å². The Kier molecular flexibility index (Phi) is 5.49. The van der Waals surface area contributed by atoms with Crippen molar-refractivity contribution in [2.75, 3.05) is 26.5 Å². The summed E-state index contributed by atoms with van der Waals surface area (Å²) in [6.07, 6.45) is 1.19. The second kappa shape index (κ2) is 6.74. The third kappa shape index (κ3) is 4.03. The zero-order valence-electron chi connectivity index (χ0n) is 8.75. The molecule has 14 heavy (non-hydrogen) atoms. The molecule has 0 amide bonds. The molecule has 0 saturated heterocycles. The van der Waals surface area contributed by atoms with E-state index in [1.165, 1.54) is 11.3 Å². The van der Waals surface area contributed by atoms with Gasteiger partial charge >= 0.3 is 0 Å². The predicted octanol–water partition coefficient (Wildman–Crippen LogP) is 2.40. The molecule has 0 heterocycles. The Morgan fingerprint density at radius 3 is 3.00 bits per heavy atom. The van der Waals surface area contributed by atoms with Gasteiger partial charge in [-0.15, -0.1) is 11.8 Å². The van der Waals surface area contributed by atoms with Crippen LogP contribution in [0.1, 0.15) is 6.42 Å². The van der Waals surface area contributed by atoms with E-state index in [9.17, 15) is 0 Å². The SMILES string of the molecule is CNCCCSc1cccc(OC)c1. The summed E-state index contributed by atoms with van der Waals surface area (Å²) < 4.78 is 5.16. The molecule has 1 aromatic rings. The van der Waals surface area contributed by atoms with Crippen LogP contribution in [0.25, 0.3) is 0 Å². The quantitative estimate of drug-likeness (QED) is 0.576. The Morgan fingerprint density at radius 1 is 1.43 bits per heavy atom. The van der Waals surface area contributed by atoms with Crippen molar-refractivity contribution in [3.8, 4) is 5.75 Å². The van der Waals surface area contributed by atoms with Crippen LogP contribution in [-0.2, 0) is 0 Å². The number of thioether (sulfide) groups is 1. The van der Waals surface area contributed by atoms with Gasteiger partial charge in [0.05, 0.1) is 7.11 Å². The summed E-state index contributed by atoms with van der Waals surface area (Å²) in [5.74, 6) is 2.08. The molecule has 1 rings (SSSR count). The van der Waals surface area contributed by atoms with Gasteiger partial charge in [0.15, 0.2) is 0 Å². The minimum atomic E-state index is 0.934. The number of hydrogen-bond donors (Lipinski definition) is 1. The molecule has 0 aliphatic rings. The van der Waals surface area contributed by atoms with Gasteiger partial charge in [0, 0.05) is 4.90 Å². The minimum absolute atomic E-state index is 0.934. The first kappa shape index (κ1) is 11.4. The first-order chi connectivity index (χ1) is 6.86. The fourth-order valence-corrected chi connectivity index (χ4v) is 2.03. The third-order valence-corrected chi connectivity index (χ3v) is 2.96. The highest BCUT2D eigenvalue weighted by Gasteiger charge is 1.95. The third-order valence-electron chi connectivity index (χ3n) is 1.88. The van der Waals surface area contributed by atoms with Crippen LogP contribution in [0.2, 0.25) is 0 Å². The first-order valence-corrected chi connectivity index (χ1v) is 5.77. The van der Waals surface area contributed by atoms with Gasteiger partial charge in [-0.05, 0) is 44.0 Å². The summed E-state index contributed by atoms with van der Waals surface area (Å²) in [4.78, 5) is 1.28. The van der Waals surface area contributed by atoms with Gasteiger partial charge in [0.1, 0.15) is 5.75 Å². The zero-order chi connectivity index (χ0) is 10.2. The van der Waals surface area contributed by atoms with E-state index in [2.05, 4.69) is 17.4 Å². The molecule has 0 fully saturated rings. The molecule has 0 radical (unpaired) electrons. The molecule has 0 aromatic heterocycles. The molecule has 2 nitrogen and oxygen atoms in total. The van der Waals surface area contributed by atoms with Crippen LogP contribution in [0.15, 0.2) is 29.2 Å². The average Bonchev–Trinajstić information content (AvgIpc) is 2.25. The van der Waals surface area contributed by atoms with Crippen LogP contribution < -0.4 is 10.1 Å². The largest absolute Gasteiger partial charge is 0.497 e. The number of methoxy groups -OCH3 is 1. The number of hydrogen-bond acceptors (Lipinski definition) is 3. The fraction of sp³-hybridized carbons (Fsp3) is 0.455. The van der Waals surface area contributed by atoms with Crippen molar-refractivity contribution in [2.24, 2.45) is 0 Å². The smallest absolute Gasteiger partial charge is 0.119 e. The maximum atomic E-state index is 5.16. The normalized spacial score (nSPS) is 10.1. The Labute approximate surface area is 90.0 Å². The van der Waals surface area contributed by atoms with Crippen LogP contribution in [-0.4, -0.2) is 26.5 Å². The average molecular weight is 211 g/mol. The van der Waals surface area contributed by atoms with Crippen LogP contribution in [0.4, 0.5) is 0 Å². The van der Waals surface area contributed by atoms with Crippen molar-refractivity contribution in [2.45, 2.75) is 11.3 Å². The molecule has 0 atom stereocenters. The lowest BCUT2D eigenvalue weighted by atomic mass is 10.3. The van der Waals surface area contributed by atoms with Crippen LogP contribution >= 0.6 is 11.8 Å². The maximum absolute atomic E-state index is 5.16. The Bertz CT molecular complexity index is 265. The molecule has 3 heteroatoms. The Morgan fingerprint density at radius 2 is 2.29 bits per heavy atom. The molecule has 1 aromatic carbocycles. The highest BCUT2D eigenvalue weighted by atomic mass is 32.2. The molecule has 78 valence electrons. The van der Waals surface area contributed by atoms with Crippen molar-refractivity contribution in [1.82, 2.24) is 5.32 Å². The summed E-state index contributed by atoms with van der Waals surface area (Å²) in [5.41, 5.74) is 0. The van der Waals surface area contributed by atoms with E-state index in [1.807, 2.05) is 30.9 Å². The van der Waals surface area contributed by atoms with Gasteiger partial charge in [-0.3, -0.25) is 0 Å². The Balaban J connectivity index is 2.34. The van der Waals surface area contributed by atoms with Crippen molar-refractivity contribution in [3.63, 3.8) is 0 Å². The molecule has 0 aliphatic carbocycles. The van der Waals surface area contributed by atoms with Crippen LogP contribution in [0, 0.1) is 0 Å². The van der Waals surface area contributed by atoms with Gasteiger partial charge in [0.25, 0.3) is 0 Å². The molecule has 0 saturated carbocycles. The van der Waals surface area contributed by atoms with Gasteiger partial charge in [-0.1, -0.05) is 6.07 Å². The lowest BCUT2D eigenvalue weighted by molar-refractivity contribution is 0.413. The molecule has 0 bridgehead atoms. The van der Waals surface area contributed by atoms with Gasteiger partial charge in [-0.25, -0.2) is 0 Å². The minimum Gasteiger partial charge on any atom is -0.497 e. The maximum Gasteiger partial charge on any atom is 0.119 e. The van der Waals surface area contributed by atoms with E-state index in [0.717, 1.165) is 18.0 Å². The zero-order valence-corrected chi connectivity index (χ0v) is 9.56. The van der Waals surface area contributed by atoms with E-state index < -0.39 is 0 Å². The van der Waals surface area contributed by atoms with E-state index >= 15 is 0 Å². The first-order valence-electron chi connectivity index (χ1n) is 4.78. The fourth-order valence-electron chi connectivity index (χ4n) is 1.13. The number of benzene rings is 1. The molecular weight excluding hydrogens is 194 g/mol. The molecule has 0 unspecified atom stereocenters. The van der Waals surface area contributed by atoms with Crippen LogP contribution in [0.3, 0.4) is 0 Å². The van der Waals surface area contributed by atoms with Crippen molar-refractivity contribution < 1.29 is 4.74 Å². The lowest BCUT2D eigenvalue weighted by Crippen LogP contribution is -2.07. The van der Waals surface area contributed by atoms with E-state index in [4.69, 9.17) is 4.74 Å². The number of ether oxygens (including phenoxy) is 1. The summed E-state index contributed by atoms with van der Waals surface area (Å²) in [5, 5.41) is 3.14. The van der Waals surface area contributed by atoms with Gasteiger partial charge in [-0.2, -0.15) is 0 Å². The van der Waals surface area contributed by atoms with E-state index in [1.54, 1.807) is 7.11 Å². The van der Waals surface area contributed by atoms with Crippen LogP contribution in [0.5, 0.6) is 5.75 Å². The molecule has 0 aliphatic heterocycles. The Hall–Kier alpha value is -0.670. The molecule has 1 N–H and O–H groups in total. The lowest BCUT2D eigenvalue weighted by Gasteiger charge is -2.03. The van der Waals surface area contributed by atoms with E-state index in [0.29, 0.717) is 0 Å². The summed E-state index contributed by atoms with van der Waals surface area (Å²) in [6, 6.07) is 8.19. The summed E-state index contributed by atoms with van der Waals surface area (Å²) in [6.45, 7) is 1.08. The second-order valence-corrected chi connectivity index (χ2v) is 4.15. The summed E-state index contributed by atoms with van der Waals surface area (Å²) >= 11 is 1.87. The highest BCUT2D eigenvalue weighted by Crippen LogP contribution is 2.22. The number of rotatable bonds is 6. The van der Waals surface area contributed by atoms with E-state index in [-0.39, 0.29) is 0 Å². The predicted molar refractivity (Wildman–Crippen MR) is 62.3 cm³/mol. The second-order valence-electron chi connectivity index (χ2n) is 2.98. The van der Waals surface area contributed by atoms with Crippen molar-refractivity contribution in [1.29, 1.82) is 0 Å².